The largest absolute Gasteiger partial charge is 0.439 e. The van der Waals surface area contributed by atoms with Gasteiger partial charge in [-0.1, -0.05) is 0 Å². The molecule has 1 amide bonds. The van der Waals surface area contributed by atoms with Crippen molar-refractivity contribution in [3.63, 3.8) is 0 Å². The zero-order valence-electron chi connectivity index (χ0n) is 11.2. The molecule has 0 saturated carbocycles. The number of aliphatic hydroxyl groups is 1. The number of alkyl halides is 3. The second-order valence-electron chi connectivity index (χ2n) is 5.05. The number of hydrazone groups is 1. The van der Waals surface area contributed by atoms with E-state index in [1.54, 1.807) is 0 Å². The summed E-state index contributed by atoms with van der Waals surface area (Å²) in [5.41, 5.74) is -3.38. The van der Waals surface area contributed by atoms with E-state index in [-0.39, 0.29) is 35.9 Å². The van der Waals surface area contributed by atoms with Crippen LogP contribution in [0.2, 0.25) is 0 Å². The van der Waals surface area contributed by atoms with E-state index >= 15 is 0 Å². The minimum absolute atomic E-state index is 0.0888. The summed E-state index contributed by atoms with van der Waals surface area (Å²) >= 11 is 0. The Kier molecular flexibility index (Phi) is 3.41. The zero-order chi connectivity index (χ0) is 16.0. The topological polar surface area (TPSA) is 75.0 Å². The highest BCUT2D eigenvalue weighted by atomic mass is 19.4. The Morgan fingerprint density at radius 1 is 1.50 bits per heavy atom. The maximum atomic E-state index is 13.5. The quantitative estimate of drug-likeness (QED) is 0.844. The van der Waals surface area contributed by atoms with Crippen LogP contribution in [0.5, 0.6) is 0 Å². The predicted octanol–water partition coefficient (Wildman–Crippen LogP) is 1.18. The Balaban J connectivity index is 2.04. The van der Waals surface area contributed by atoms with Crippen molar-refractivity contribution in [3.8, 4) is 0 Å². The van der Waals surface area contributed by atoms with Gasteiger partial charge in [0.05, 0.1) is 30.4 Å². The van der Waals surface area contributed by atoms with E-state index in [9.17, 15) is 23.1 Å². The third kappa shape index (κ3) is 2.08. The van der Waals surface area contributed by atoms with Crippen LogP contribution in [0, 0.1) is 5.92 Å². The molecule has 0 spiro atoms. The van der Waals surface area contributed by atoms with Crippen LogP contribution >= 0.6 is 0 Å². The lowest BCUT2D eigenvalue weighted by atomic mass is 9.89. The molecule has 1 fully saturated rings. The molecule has 1 N–H and O–H groups in total. The summed E-state index contributed by atoms with van der Waals surface area (Å²) < 4.78 is 45.4. The van der Waals surface area contributed by atoms with Crippen LogP contribution in [0.1, 0.15) is 16.8 Å². The maximum absolute atomic E-state index is 13.5. The second kappa shape index (κ2) is 5.03. The smallest absolute Gasteiger partial charge is 0.380 e. The minimum Gasteiger partial charge on any atom is -0.380 e. The standard InChI is InChI=1S/C13H12F3N3O3/c14-13(15,16)12(21)9-7-22-5-3-10(9)18-19(12)11(20)8-2-1-4-17-6-8/h1-2,4,6,9,21H,3,5,7H2/t9-,12+/m0/s1. The third-order valence-corrected chi connectivity index (χ3v) is 3.74. The molecular weight excluding hydrogens is 303 g/mol. The molecule has 3 heterocycles. The third-order valence-electron chi connectivity index (χ3n) is 3.74. The van der Waals surface area contributed by atoms with Crippen molar-refractivity contribution >= 4 is 11.6 Å². The summed E-state index contributed by atoms with van der Waals surface area (Å²) in [6, 6.07) is 2.73. The van der Waals surface area contributed by atoms with Crippen molar-refractivity contribution in [2.75, 3.05) is 13.2 Å². The highest BCUT2D eigenvalue weighted by Gasteiger charge is 2.68. The van der Waals surface area contributed by atoms with Gasteiger partial charge in [-0.25, -0.2) is 0 Å². The van der Waals surface area contributed by atoms with E-state index in [0.717, 1.165) is 6.20 Å². The summed E-state index contributed by atoms with van der Waals surface area (Å²) in [4.78, 5) is 16.0. The molecule has 1 aromatic heterocycles. The van der Waals surface area contributed by atoms with Gasteiger partial charge in [-0.2, -0.15) is 23.3 Å². The Morgan fingerprint density at radius 2 is 2.27 bits per heavy atom. The van der Waals surface area contributed by atoms with E-state index in [1.165, 1.54) is 18.3 Å². The van der Waals surface area contributed by atoms with Crippen LogP contribution in [0.3, 0.4) is 0 Å². The molecule has 118 valence electrons. The van der Waals surface area contributed by atoms with E-state index in [2.05, 4.69) is 10.1 Å². The summed E-state index contributed by atoms with van der Waals surface area (Å²) in [5, 5.41) is 14.1. The fraction of sp³-hybridized carbons (Fsp3) is 0.462. The van der Waals surface area contributed by atoms with E-state index in [4.69, 9.17) is 4.74 Å². The maximum Gasteiger partial charge on any atom is 0.439 e. The summed E-state index contributed by atoms with van der Waals surface area (Å²) in [6.45, 7) is -0.135. The number of amides is 1. The summed E-state index contributed by atoms with van der Waals surface area (Å²) in [6.07, 6.45) is -2.42. The average Bonchev–Trinajstić information content (AvgIpc) is 2.82. The molecule has 0 radical (unpaired) electrons. The first kappa shape index (κ1) is 14.9. The molecule has 2 aliphatic heterocycles. The van der Waals surface area contributed by atoms with Gasteiger partial charge >= 0.3 is 6.18 Å². The number of ether oxygens (including phenoxy) is 1. The van der Waals surface area contributed by atoms with Gasteiger partial charge in [0.1, 0.15) is 0 Å². The molecular formula is C13H12F3N3O3. The predicted molar refractivity (Wildman–Crippen MR) is 67.8 cm³/mol. The van der Waals surface area contributed by atoms with Crippen LogP contribution in [0.25, 0.3) is 0 Å². The molecule has 6 nitrogen and oxygen atoms in total. The van der Waals surface area contributed by atoms with Gasteiger partial charge < -0.3 is 9.84 Å². The molecule has 1 saturated heterocycles. The van der Waals surface area contributed by atoms with E-state index in [1.807, 2.05) is 0 Å². The fourth-order valence-corrected chi connectivity index (χ4v) is 2.60. The molecule has 2 aliphatic rings. The van der Waals surface area contributed by atoms with Crippen molar-refractivity contribution in [3.05, 3.63) is 30.1 Å². The van der Waals surface area contributed by atoms with Crippen molar-refractivity contribution in [1.29, 1.82) is 0 Å². The first-order valence-electron chi connectivity index (χ1n) is 6.54. The average molecular weight is 315 g/mol. The highest BCUT2D eigenvalue weighted by Crippen LogP contribution is 2.45. The van der Waals surface area contributed by atoms with Crippen LogP contribution in [0.4, 0.5) is 13.2 Å². The Bertz CT molecular complexity index is 620. The van der Waals surface area contributed by atoms with Crippen molar-refractivity contribution in [2.45, 2.75) is 18.3 Å². The number of fused-ring (bicyclic) bond motifs is 1. The number of hydrogen-bond acceptors (Lipinski definition) is 5. The van der Waals surface area contributed by atoms with Gasteiger partial charge in [-0.05, 0) is 12.1 Å². The van der Waals surface area contributed by atoms with Gasteiger partial charge in [0, 0.05) is 18.8 Å². The molecule has 0 bridgehead atoms. The molecule has 22 heavy (non-hydrogen) atoms. The number of halogens is 3. The van der Waals surface area contributed by atoms with Gasteiger partial charge in [-0.3, -0.25) is 9.78 Å². The molecule has 2 atom stereocenters. The normalized spacial score (nSPS) is 28.3. The van der Waals surface area contributed by atoms with Crippen LogP contribution < -0.4 is 0 Å². The Hall–Kier alpha value is -2.00. The monoisotopic (exact) mass is 315 g/mol. The first-order valence-corrected chi connectivity index (χ1v) is 6.54. The number of carbonyl (C=O) groups excluding carboxylic acids is 1. The number of hydrogen-bond donors (Lipinski definition) is 1. The van der Waals surface area contributed by atoms with Gasteiger partial charge in [0.25, 0.3) is 11.6 Å². The van der Waals surface area contributed by atoms with Crippen molar-refractivity contribution in [1.82, 2.24) is 9.99 Å². The number of nitrogens with zero attached hydrogens (tertiary/aromatic N) is 3. The molecule has 3 rings (SSSR count). The van der Waals surface area contributed by atoms with E-state index in [0.29, 0.717) is 0 Å². The highest BCUT2D eigenvalue weighted by molar-refractivity contribution is 5.99. The second-order valence-corrected chi connectivity index (χ2v) is 5.05. The molecule has 0 unspecified atom stereocenters. The number of pyridine rings is 1. The van der Waals surface area contributed by atoms with Crippen LogP contribution in [-0.2, 0) is 4.74 Å². The molecule has 0 aromatic carbocycles. The summed E-state index contributed by atoms with van der Waals surface area (Å²) in [5.74, 6) is -2.48. The lowest BCUT2D eigenvalue weighted by Gasteiger charge is -2.37. The summed E-state index contributed by atoms with van der Waals surface area (Å²) in [7, 11) is 0. The minimum atomic E-state index is -5.07. The Labute approximate surface area is 123 Å². The van der Waals surface area contributed by atoms with Crippen molar-refractivity contribution < 1.29 is 27.8 Å². The van der Waals surface area contributed by atoms with Crippen LogP contribution in [-0.4, -0.2) is 51.8 Å². The Morgan fingerprint density at radius 3 is 2.91 bits per heavy atom. The van der Waals surface area contributed by atoms with Gasteiger partial charge in [-0.15, -0.1) is 0 Å². The molecule has 9 heteroatoms. The van der Waals surface area contributed by atoms with E-state index < -0.39 is 23.7 Å². The number of rotatable bonds is 1. The van der Waals surface area contributed by atoms with Gasteiger partial charge in [0.2, 0.25) is 0 Å². The van der Waals surface area contributed by atoms with Crippen LogP contribution in [0.15, 0.2) is 29.6 Å². The fourth-order valence-electron chi connectivity index (χ4n) is 2.60. The number of aromatic nitrogens is 1. The lowest BCUT2D eigenvalue weighted by molar-refractivity contribution is -0.315. The SMILES string of the molecule is O=C(c1cccnc1)N1N=C2CCOC[C@@H]2[C@@]1(O)C(F)(F)F. The first-order chi connectivity index (χ1) is 10.4. The number of carbonyl (C=O) groups is 1. The zero-order valence-corrected chi connectivity index (χ0v) is 11.2. The lowest BCUT2D eigenvalue weighted by Crippen LogP contribution is -2.62. The molecule has 0 aliphatic carbocycles. The van der Waals surface area contributed by atoms with Crippen molar-refractivity contribution in [2.24, 2.45) is 11.0 Å². The molecule has 1 aromatic rings. The van der Waals surface area contributed by atoms with Gasteiger partial charge in [0.15, 0.2) is 0 Å².